The van der Waals surface area contributed by atoms with Gasteiger partial charge in [-0.2, -0.15) is 9.61 Å². The van der Waals surface area contributed by atoms with E-state index in [1.807, 2.05) is 49.4 Å². The van der Waals surface area contributed by atoms with Crippen molar-refractivity contribution < 1.29 is 9.50 Å². The first-order chi connectivity index (χ1) is 17.4. The van der Waals surface area contributed by atoms with Crippen LogP contribution < -0.4 is 5.73 Å². The molecule has 6 rings (SSSR count). The van der Waals surface area contributed by atoms with Gasteiger partial charge in [0.15, 0.2) is 11.3 Å². The summed E-state index contributed by atoms with van der Waals surface area (Å²) in [6, 6.07) is 18.5. The number of aromatic nitrogens is 4. The lowest BCUT2D eigenvalue weighted by molar-refractivity contribution is -0.0738. The molecule has 7 heteroatoms. The topological polar surface area (TPSA) is 89.3 Å². The molecular formula is C30H30FN5O. The average Bonchev–Trinajstić information content (AvgIpc) is 3.28. The Kier molecular flexibility index (Phi) is 5.07. The van der Waals surface area contributed by atoms with E-state index in [4.69, 9.17) is 15.8 Å². The van der Waals surface area contributed by atoms with Gasteiger partial charge in [0.25, 0.3) is 0 Å². The van der Waals surface area contributed by atoms with E-state index in [-0.39, 0.29) is 11.2 Å². The van der Waals surface area contributed by atoms with E-state index in [9.17, 15) is 5.11 Å². The van der Waals surface area contributed by atoms with E-state index in [2.05, 4.69) is 25.8 Å². The van der Waals surface area contributed by atoms with Crippen molar-refractivity contribution >= 4 is 16.7 Å². The molecule has 3 aromatic heterocycles. The maximum atomic E-state index is 15.0. The fourth-order valence-electron chi connectivity index (χ4n) is 5.48. The molecule has 2 aromatic carbocycles. The molecule has 0 unspecified atom stereocenters. The Morgan fingerprint density at radius 3 is 2.35 bits per heavy atom. The first-order valence-electron chi connectivity index (χ1n) is 12.5. The summed E-state index contributed by atoms with van der Waals surface area (Å²) < 4.78 is 16.8. The van der Waals surface area contributed by atoms with Gasteiger partial charge in [0.2, 0.25) is 0 Å². The lowest BCUT2D eigenvalue weighted by atomic mass is 9.63. The van der Waals surface area contributed by atoms with Gasteiger partial charge in [0.05, 0.1) is 17.0 Å². The van der Waals surface area contributed by atoms with E-state index in [0.29, 0.717) is 41.0 Å². The summed E-state index contributed by atoms with van der Waals surface area (Å²) in [5.74, 6) is -0.317. The number of hydrogen-bond donors (Lipinski definition) is 2. The third kappa shape index (κ3) is 3.99. The van der Waals surface area contributed by atoms with Crippen molar-refractivity contribution in [1.29, 1.82) is 0 Å². The molecule has 1 saturated carbocycles. The fraction of sp³-hybridized carbons (Fsp3) is 0.300. The molecule has 3 N–H and O–H groups in total. The summed E-state index contributed by atoms with van der Waals surface area (Å²) in [5, 5.41) is 15.8. The van der Waals surface area contributed by atoms with Gasteiger partial charge in [-0.1, -0.05) is 63.2 Å². The summed E-state index contributed by atoms with van der Waals surface area (Å²) in [5.41, 5.74) is 11.0. The molecule has 37 heavy (non-hydrogen) atoms. The zero-order valence-corrected chi connectivity index (χ0v) is 21.5. The first kappa shape index (κ1) is 23.7. The van der Waals surface area contributed by atoms with Crippen LogP contribution in [-0.4, -0.2) is 30.3 Å². The molecule has 1 aliphatic carbocycles. The highest BCUT2D eigenvalue weighted by Crippen LogP contribution is 2.46. The molecule has 0 spiro atoms. The number of halogens is 1. The molecule has 3 heterocycles. The van der Waals surface area contributed by atoms with E-state index >= 15 is 4.39 Å². The van der Waals surface area contributed by atoms with Crippen LogP contribution in [0.5, 0.6) is 0 Å². The first-order valence-corrected chi connectivity index (χ1v) is 12.5. The number of nitrogens with zero attached hydrogens (tertiary/aromatic N) is 4. The third-order valence-corrected chi connectivity index (χ3v) is 7.32. The van der Waals surface area contributed by atoms with Crippen LogP contribution in [0.2, 0.25) is 0 Å². The van der Waals surface area contributed by atoms with Crippen LogP contribution in [0.3, 0.4) is 0 Å². The number of rotatable bonds is 3. The van der Waals surface area contributed by atoms with E-state index in [1.165, 1.54) is 6.07 Å². The second-order valence-electron chi connectivity index (χ2n) is 11.7. The highest BCUT2D eigenvalue weighted by Gasteiger charge is 2.49. The van der Waals surface area contributed by atoms with Crippen molar-refractivity contribution in [2.75, 3.05) is 0 Å². The number of nitrogens with two attached hydrogens (primary N) is 1. The monoisotopic (exact) mass is 495 g/mol. The van der Waals surface area contributed by atoms with Gasteiger partial charge >= 0.3 is 0 Å². The predicted molar refractivity (Wildman–Crippen MR) is 144 cm³/mol. The highest BCUT2D eigenvalue weighted by atomic mass is 19.1. The summed E-state index contributed by atoms with van der Waals surface area (Å²) in [6.07, 6.45) is 2.78. The summed E-state index contributed by atoms with van der Waals surface area (Å²) >= 11 is 0. The molecule has 0 atom stereocenters. The van der Waals surface area contributed by atoms with Crippen LogP contribution in [0.4, 0.5) is 4.39 Å². The van der Waals surface area contributed by atoms with Gasteiger partial charge in [0, 0.05) is 45.3 Å². The Morgan fingerprint density at radius 2 is 1.70 bits per heavy atom. The van der Waals surface area contributed by atoms with E-state index < -0.39 is 11.1 Å². The summed E-state index contributed by atoms with van der Waals surface area (Å²) in [4.78, 5) is 9.66. The van der Waals surface area contributed by atoms with Crippen molar-refractivity contribution in [3.8, 4) is 22.4 Å². The van der Waals surface area contributed by atoms with Gasteiger partial charge < -0.3 is 10.8 Å². The molecule has 1 fully saturated rings. The Hall–Kier alpha value is -3.68. The van der Waals surface area contributed by atoms with Crippen LogP contribution in [0.25, 0.3) is 39.1 Å². The van der Waals surface area contributed by atoms with Crippen LogP contribution in [-0.2, 0) is 11.0 Å². The minimum atomic E-state index is -0.736. The minimum absolute atomic E-state index is 0.143. The smallest absolute Gasteiger partial charge is 0.165 e. The Bertz CT molecular complexity index is 1660. The molecule has 6 nitrogen and oxygen atoms in total. The zero-order chi connectivity index (χ0) is 26.2. The Labute approximate surface area is 215 Å². The van der Waals surface area contributed by atoms with Gasteiger partial charge in [-0.25, -0.2) is 14.4 Å². The van der Waals surface area contributed by atoms with Crippen LogP contribution in [0, 0.1) is 5.82 Å². The van der Waals surface area contributed by atoms with Gasteiger partial charge in [0.1, 0.15) is 5.82 Å². The average molecular weight is 496 g/mol. The van der Waals surface area contributed by atoms with Gasteiger partial charge in [-0.15, -0.1) is 0 Å². The molecule has 0 radical (unpaired) electrons. The maximum absolute atomic E-state index is 15.0. The molecule has 0 aliphatic heterocycles. The third-order valence-electron chi connectivity index (χ3n) is 7.32. The second kappa shape index (κ2) is 7.91. The lowest BCUT2D eigenvalue weighted by Crippen LogP contribution is -2.58. The number of aliphatic hydroxyl groups is 1. The molecule has 5 aromatic rings. The number of fused-ring (bicyclic) bond motifs is 3. The molecule has 188 valence electrons. The minimum Gasteiger partial charge on any atom is -0.390 e. The van der Waals surface area contributed by atoms with Crippen molar-refractivity contribution in [2.24, 2.45) is 5.73 Å². The largest absolute Gasteiger partial charge is 0.390 e. The molecule has 1 aliphatic rings. The van der Waals surface area contributed by atoms with Crippen LogP contribution in [0.15, 0.2) is 66.9 Å². The van der Waals surface area contributed by atoms with Crippen molar-refractivity contribution in [3.63, 3.8) is 0 Å². The maximum Gasteiger partial charge on any atom is 0.165 e. The van der Waals surface area contributed by atoms with Crippen molar-refractivity contribution in [3.05, 3.63) is 83.9 Å². The van der Waals surface area contributed by atoms with E-state index in [0.717, 1.165) is 22.2 Å². The molecular weight excluding hydrogens is 465 g/mol. The molecule has 0 amide bonds. The van der Waals surface area contributed by atoms with Crippen LogP contribution >= 0.6 is 0 Å². The number of pyridine rings is 1. The Balaban J connectivity index is 1.55. The van der Waals surface area contributed by atoms with Gasteiger partial charge in [-0.05, 0) is 37.5 Å². The quantitative estimate of drug-likeness (QED) is 0.333. The van der Waals surface area contributed by atoms with Gasteiger partial charge in [-0.3, -0.25) is 0 Å². The molecule has 0 saturated heterocycles. The fourth-order valence-corrected chi connectivity index (χ4v) is 5.48. The van der Waals surface area contributed by atoms with E-state index in [1.54, 1.807) is 22.8 Å². The number of hydrogen-bond acceptors (Lipinski definition) is 5. The highest BCUT2D eigenvalue weighted by molar-refractivity contribution is 5.90. The normalized spacial score (nSPS) is 21.9. The van der Waals surface area contributed by atoms with Crippen LogP contribution in [0.1, 0.15) is 51.8 Å². The number of benzene rings is 2. The Morgan fingerprint density at radius 1 is 1.00 bits per heavy atom. The second-order valence-corrected chi connectivity index (χ2v) is 11.7. The summed E-state index contributed by atoms with van der Waals surface area (Å²) in [6.45, 7) is 8.14. The predicted octanol–water partition coefficient (Wildman–Crippen LogP) is 5.75. The SMILES string of the molecule is CC(C)(C)c1cc2ncc3cc(-c4ccccc4F)c(-c4ccc([C@]5(N)C[C@](C)(O)C5)cc4)nc3n2n1. The molecule has 0 bridgehead atoms. The van der Waals surface area contributed by atoms with Crippen molar-refractivity contribution in [1.82, 2.24) is 19.6 Å². The standard InChI is InChI=1S/C30H30FN5O/c1-28(2,3)24-14-25-33-15-19-13-22(21-7-5-6-8-23(21)31)26(34-27(19)36(25)35-24)18-9-11-20(12-10-18)30(32)16-29(4,37)17-30/h5-15,37H,16-17,32H2,1-4H3/t29-,30-. The lowest BCUT2D eigenvalue weighted by Gasteiger charge is -2.49. The van der Waals surface area contributed by atoms with Crippen molar-refractivity contribution in [2.45, 2.75) is 57.1 Å². The zero-order valence-electron chi connectivity index (χ0n) is 21.5. The summed E-state index contributed by atoms with van der Waals surface area (Å²) in [7, 11) is 0.